The fourth-order valence-electron chi connectivity index (χ4n) is 3.78. The maximum atomic E-state index is 10.6. The minimum absolute atomic E-state index is 0.596. The van der Waals surface area contributed by atoms with Gasteiger partial charge in [0.1, 0.15) is 5.60 Å². The number of para-hydroxylation sites is 1. The average Bonchev–Trinajstić information content (AvgIpc) is 3.48. The van der Waals surface area contributed by atoms with Crippen molar-refractivity contribution in [3.05, 3.63) is 108 Å². The van der Waals surface area contributed by atoms with Crippen molar-refractivity contribution in [2.75, 3.05) is 0 Å². The summed E-state index contributed by atoms with van der Waals surface area (Å²) in [6.07, 6.45) is 0. The molecule has 0 radical (unpaired) electrons. The van der Waals surface area contributed by atoms with E-state index in [-0.39, 0.29) is 0 Å². The molecule has 5 heteroatoms. The van der Waals surface area contributed by atoms with Gasteiger partial charge in [-0.05, 0) is 66.9 Å². The molecule has 0 aliphatic rings. The van der Waals surface area contributed by atoms with Crippen molar-refractivity contribution in [3.8, 4) is 37.8 Å². The Hall–Kier alpha value is -3.18. The molecule has 0 unspecified atom stereocenters. The Balaban J connectivity index is 1.58. The highest BCUT2D eigenvalue weighted by Gasteiger charge is 2.24. The van der Waals surface area contributed by atoms with Crippen molar-refractivity contribution in [2.24, 2.45) is 0 Å². The standard InChI is InChI=1S/C28H23ClN2OS/c1-28(2,32)27-18-24(31(30-27)23-14-7-6-13-22(23)29)26-16-15-25(33-26)21-12-8-11-20(17-21)19-9-4-3-5-10-19/h3-18,32H,1-2H3. The van der Waals surface area contributed by atoms with Crippen LogP contribution in [0.15, 0.2) is 97.1 Å². The van der Waals surface area contributed by atoms with E-state index in [0.29, 0.717) is 10.7 Å². The molecular weight excluding hydrogens is 448 g/mol. The van der Waals surface area contributed by atoms with Gasteiger partial charge in [-0.1, -0.05) is 72.3 Å². The zero-order chi connectivity index (χ0) is 23.0. The molecule has 0 saturated heterocycles. The molecule has 3 aromatic carbocycles. The van der Waals surface area contributed by atoms with Crippen molar-refractivity contribution < 1.29 is 5.11 Å². The summed E-state index contributed by atoms with van der Waals surface area (Å²) in [7, 11) is 0. The lowest BCUT2D eigenvalue weighted by atomic mass is 10.0. The van der Waals surface area contributed by atoms with E-state index >= 15 is 0 Å². The zero-order valence-electron chi connectivity index (χ0n) is 18.4. The molecule has 0 amide bonds. The predicted molar refractivity (Wildman–Crippen MR) is 138 cm³/mol. The Morgan fingerprint density at radius 2 is 1.42 bits per heavy atom. The van der Waals surface area contributed by atoms with E-state index < -0.39 is 5.60 Å². The average molecular weight is 471 g/mol. The third-order valence-electron chi connectivity index (χ3n) is 5.53. The first-order chi connectivity index (χ1) is 15.9. The fourth-order valence-corrected chi connectivity index (χ4v) is 5.00. The van der Waals surface area contributed by atoms with E-state index in [2.05, 4.69) is 60.7 Å². The molecule has 164 valence electrons. The third-order valence-corrected chi connectivity index (χ3v) is 7.01. The summed E-state index contributed by atoms with van der Waals surface area (Å²) in [5.74, 6) is 0. The molecule has 33 heavy (non-hydrogen) atoms. The van der Waals surface area contributed by atoms with Crippen LogP contribution in [0.5, 0.6) is 0 Å². The summed E-state index contributed by atoms with van der Waals surface area (Å²) in [5, 5.41) is 15.9. The molecule has 0 atom stereocenters. The van der Waals surface area contributed by atoms with Gasteiger partial charge in [-0.15, -0.1) is 11.3 Å². The molecule has 0 spiro atoms. The van der Waals surface area contributed by atoms with E-state index in [4.69, 9.17) is 16.7 Å². The van der Waals surface area contributed by atoms with Crippen LogP contribution in [-0.4, -0.2) is 14.9 Å². The maximum absolute atomic E-state index is 10.6. The Bertz CT molecular complexity index is 1410. The summed E-state index contributed by atoms with van der Waals surface area (Å²) in [6.45, 7) is 3.48. The van der Waals surface area contributed by atoms with Crippen molar-refractivity contribution in [1.29, 1.82) is 0 Å². The number of benzene rings is 3. The van der Waals surface area contributed by atoms with Gasteiger partial charge < -0.3 is 5.11 Å². The van der Waals surface area contributed by atoms with Gasteiger partial charge in [-0.25, -0.2) is 4.68 Å². The lowest BCUT2D eigenvalue weighted by Crippen LogP contribution is -2.16. The molecule has 0 aliphatic heterocycles. The van der Waals surface area contributed by atoms with Gasteiger partial charge in [0, 0.05) is 4.88 Å². The monoisotopic (exact) mass is 470 g/mol. The Labute approximate surface area is 202 Å². The predicted octanol–water partition coefficient (Wildman–Crippen LogP) is 7.82. The molecule has 0 saturated carbocycles. The van der Waals surface area contributed by atoms with Gasteiger partial charge in [0.25, 0.3) is 0 Å². The number of rotatable bonds is 5. The van der Waals surface area contributed by atoms with Gasteiger partial charge in [0.2, 0.25) is 0 Å². The van der Waals surface area contributed by atoms with E-state index in [1.54, 1.807) is 25.2 Å². The van der Waals surface area contributed by atoms with E-state index in [9.17, 15) is 5.11 Å². The molecule has 0 fully saturated rings. The Morgan fingerprint density at radius 1 is 0.758 bits per heavy atom. The largest absolute Gasteiger partial charge is 0.384 e. The van der Waals surface area contributed by atoms with Crippen molar-refractivity contribution >= 4 is 22.9 Å². The van der Waals surface area contributed by atoms with Crippen LogP contribution in [0.4, 0.5) is 0 Å². The molecule has 5 rings (SSSR count). The number of aromatic nitrogens is 2. The van der Waals surface area contributed by atoms with Crippen LogP contribution in [0, 0.1) is 0 Å². The number of hydrogen-bond acceptors (Lipinski definition) is 3. The highest BCUT2D eigenvalue weighted by Crippen LogP contribution is 2.38. The SMILES string of the molecule is CC(C)(O)c1cc(-c2ccc(-c3cccc(-c4ccccc4)c3)s2)n(-c2ccccc2Cl)n1. The minimum atomic E-state index is -1.06. The third kappa shape index (κ3) is 4.38. The summed E-state index contributed by atoms with van der Waals surface area (Å²) in [4.78, 5) is 2.22. The van der Waals surface area contributed by atoms with Crippen LogP contribution in [0.2, 0.25) is 5.02 Å². The lowest BCUT2D eigenvalue weighted by Gasteiger charge is -2.13. The summed E-state index contributed by atoms with van der Waals surface area (Å²) in [6, 6.07) is 32.8. The Morgan fingerprint density at radius 3 is 2.18 bits per heavy atom. The van der Waals surface area contributed by atoms with Crippen LogP contribution < -0.4 is 0 Å². The highest BCUT2D eigenvalue weighted by atomic mass is 35.5. The first-order valence-corrected chi connectivity index (χ1v) is 11.9. The molecule has 0 aliphatic carbocycles. The fraction of sp³-hybridized carbons (Fsp3) is 0.107. The molecular formula is C28H23ClN2OS. The quantitative estimate of drug-likeness (QED) is 0.284. The zero-order valence-corrected chi connectivity index (χ0v) is 19.9. The maximum Gasteiger partial charge on any atom is 0.103 e. The van der Waals surface area contributed by atoms with Crippen LogP contribution >= 0.6 is 22.9 Å². The van der Waals surface area contributed by atoms with E-state index in [1.165, 1.54) is 21.6 Å². The highest BCUT2D eigenvalue weighted by molar-refractivity contribution is 7.18. The second-order valence-corrected chi connectivity index (χ2v) is 9.94. The Kier molecular flexibility index (Phi) is 5.67. The number of thiophene rings is 1. The first kappa shape index (κ1) is 21.7. The number of nitrogens with zero attached hydrogens (tertiary/aromatic N) is 2. The van der Waals surface area contributed by atoms with Gasteiger partial charge in [-0.3, -0.25) is 0 Å². The second-order valence-electron chi connectivity index (χ2n) is 8.45. The smallest absolute Gasteiger partial charge is 0.103 e. The van der Waals surface area contributed by atoms with Crippen LogP contribution in [-0.2, 0) is 5.60 Å². The van der Waals surface area contributed by atoms with Gasteiger partial charge in [0.15, 0.2) is 0 Å². The molecule has 0 bridgehead atoms. The number of hydrogen-bond donors (Lipinski definition) is 1. The lowest BCUT2D eigenvalue weighted by molar-refractivity contribution is 0.0734. The molecule has 5 aromatic rings. The first-order valence-electron chi connectivity index (χ1n) is 10.7. The summed E-state index contributed by atoms with van der Waals surface area (Å²) < 4.78 is 1.83. The molecule has 2 aromatic heterocycles. The van der Waals surface area contributed by atoms with Crippen molar-refractivity contribution in [3.63, 3.8) is 0 Å². The molecule has 1 N–H and O–H groups in total. The van der Waals surface area contributed by atoms with Crippen LogP contribution in [0.25, 0.3) is 37.8 Å². The van der Waals surface area contributed by atoms with Crippen LogP contribution in [0.1, 0.15) is 19.5 Å². The summed E-state index contributed by atoms with van der Waals surface area (Å²) in [5.41, 5.74) is 4.76. The molecule has 3 nitrogen and oxygen atoms in total. The van der Waals surface area contributed by atoms with Gasteiger partial charge in [-0.2, -0.15) is 5.10 Å². The minimum Gasteiger partial charge on any atom is -0.384 e. The summed E-state index contributed by atoms with van der Waals surface area (Å²) >= 11 is 8.19. The van der Waals surface area contributed by atoms with Crippen LogP contribution in [0.3, 0.4) is 0 Å². The van der Waals surface area contributed by atoms with Crippen molar-refractivity contribution in [1.82, 2.24) is 9.78 Å². The number of halogens is 1. The van der Waals surface area contributed by atoms with Gasteiger partial charge in [0.05, 0.1) is 27.0 Å². The number of aliphatic hydroxyl groups is 1. The second kappa shape index (κ2) is 8.64. The van der Waals surface area contributed by atoms with Gasteiger partial charge >= 0.3 is 0 Å². The normalized spacial score (nSPS) is 11.6. The van der Waals surface area contributed by atoms with E-state index in [0.717, 1.165) is 16.3 Å². The topological polar surface area (TPSA) is 38.0 Å². The van der Waals surface area contributed by atoms with E-state index in [1.807, 2.05) is 41.1 Å². The van der Waals surface area contributed by atoms with Crippen molar-refractivity contribution in [2.45, 2.75) is 19.4 Å². The molecule has 2 heterocycles.